The van der Waals surface area contributed by atoms with E-state index in [0.717, 1.165) is 24.7 Å². The normalized spacial score (nSPS) is 23.0. The quantitative estimate of drug-likeness (QED) is 0.872. The third-order valence-electron chi connectivity index (χ3n) is 4.47. The van der Waals surface area contributed by atoms with Gasteiger partial charge in [-0.05, 0) is 49.3 Å². The Labute approximate surface area is 123 Å². The lowest BCUT2D eigenvalue weighted by Gasteiger charge is -2.24. The minimum absolute atomic E-state index is 0.136. The molecule has 1 fully saturated rings. The first kappa shape index (κ1) is 15.4. The second-order valence-corrected chi connectivity index (χ2v) is 6.97. The van der Waals surface area contributed by atoms with Crippen molar-refractivity contribution < 1.29 is 4.74 Å². The molecule has 1 aliphatic carbocycles. The second-order valence-electron chi connectivity index (χ2n) is 6.97. The summed E-state index contributed by atoms with van der Waals surface area (Å²) in [6.45, 7) is 7.55. The first-order chi connectivity index (χ1) is 9.52. The van der Waals surface area contributed by atoms with Crippen molar-refractivity contribution in [2.45, 2.75) is 57.9 Å². The number of hydrogen-bond acceptors (Lipinski definition) is 2. The molecular formula is C18H29NO. The molecule has 0 aromatic heterocycles. The van der Waals surface area contributed by atoms with Crippen LogP contribution in [0.3, 0.4) is 0 Å². The van der Waals surface area contributed by atoms with Crippen LogP contribution in [0.1, 0.15) is 52.0 Å². The summed E-state index contributed by atoms with van der Waals surface area (Å²) in [5.74, 6) is 1.83. The molecule has 1 aromatic rings. The number of hydrogen-bond donors (Lipinski definition) is 1. The SMILES string of the molecule is CNC1CCCC1CCOc1ccccc1C(C)(C)C. The summed E-state index contributed by atoms with van der Waals surface area (Å²) < 4.78 is 6.09. The predicted octanol–water partition coefficient (Wildman–Crippen LogP) is 4.14. The Morgan fingerprint density at radius 1 is 1.20 bits per heavy atom. The fraction of sp³-hybridized carbons (Fsp3) is 0.667. The highest BCUT2D eigenvalue weighted by Crippen LogP contribution is 2.32. The predicted molar refractivity (Wildman–Crippen MR) is 85.4 cm³/mol. The fourth-order valence-electron chi connectivity index (χ4n) is 3.29. The zero-order chi connectivity index (χ0) is 14.6. The minimum Gasteiger partial charge on any atom is -0.493 e. The maximum atomic E-state index is 6.09. The Kier molecular flexibility index (Phi) is 5.09. The standard InChI is InChI=1S/C18H29NO/c1-18(2,3)15-9-5-6-11-17(15)20-13-12-14-8-7-10-16(14)19-4/h5-6,9,11,14,16,19H,7-8,10,12-13H2,1-4H3. The van der Waals surface area contributed by atoms with E-state index in [-0.39, 0.29) is 5.41 Å². The van der Waals surface area contributed by atoms with Crippen molar-refractivity contribution in [3.05, 3.63) is 29.8 Å². The van der Waals surface area contributed by atoms with Crippen molar-refractivity contribution >= 4 is 0 Å². The van der Waals surface area contributed by atoms with Crippen LogP contribution in [0, 0.1) is 5.92 Å². The van der Waals surface area contributed by atoms with Crippen molar-refractivity contribution in [1.29, 1.82) is 0 Å². The zero-order valence-corrected chi connectivity index (χ0v) is 13.4. The Bertz CT molecular complexity index is 422. The van der Waals surface area contributed by atoms with E-state index in [0.29, 0.717) is 6.04 Å². The molecule has 0 radical (unpaired) electrons. The van der Waals surface area contributed by atoms with Gasteiger partial charge in [0.1, 0.15) is 5.75 Å². The number of para-hydroxylation sites is 1. The summed E-state index contributed by atoms with van der Waals surface area (Å²) in [4.78, 5) is 0. The molecule has 0 bridgehead atoms. The highest BCUT2D eigenvalue weighted by atomic mass is 16.5. The number of nitrogens with one attached hydrogen (secondary N) is 1. The van der Waals surface area contributed by atoms with Crippen molar-refractivity contribution in [1.82, 2.24) is 5.32 Å². The largest absolute Gasteiger partial charge is 0.493 e. The van der Waals surface area contributed by atoms with E-state index in [4.69, 9.17) is 4.74 Å². The third kappa shape index (κ3) is 3.76. The van der Waals surface area contributed by atoms with Crippen LogP contribution in [-0.4, -0.2) is 19.7 Å². The molecule has 0 spiro atoms. The van der Waals surface area contributed by atoms with E-state index in [1.165, 1.54) is 24.8 Å². The summed E-state index contributed by atoms with van der Waals surface area (Å²) in [6.07, 6.45) is 5.17. The summed E-state index contributed by atoms with van der Waals surface area (Å²) >= 11 is 0. The average molecular weight is 275 g/mol. The van der Waals surface area contributed by atoms with Crippen LogP contribution in [0.15, 0.2) is 24.3 Å². The molecule has 1 aromatic carbocycles. The van der Waals surface area contributed by atoms with Crippen LogP contribution in [0.25, 0.3) is 0 Å². The topological polar surface area (TPSA) is 21.3 Å². The van der Waals surface area contributed by atoms with E-state index in [9.17, 15) is 0 Å². The van der Waals surface area contributed by atoms with Crippen LogP contribution in [0.5, 0.6) is 5.75 Å². The molecule has 2 heteroatoms. The lowest BCUT2D eigenvalue weighted by molar-refractivity contribution is 0.259. The average Bonchev–Trinajstić information content (AvgIpc) is 2.85. The number of rotatable bonds is 5. The van der Waals surface area contributed by atoms with Gasteiger partial charge in [-0.3, -0.25) is 0 Å². The molecule has 0 aliphatic heterocycles. The first-order valence-corrected chi connectivity index (χ1v) is 7.92. The van der Waals surface area contributed by atoms with E-state index in [2.05, 4.69) is 57.4 Å². The van der Waals surface area contributed by atoms with E-state index in [1.807, 2.05) is 0 Å². The minimum atomic E-state index is 0.136. The van der Waals surface area contributed by atoms with Crippen LogP contribution >= 0.6 is 0 Å². The molecule has 1 N–H and O–H groups in total. The molecular weight excluding hydrogens is 246 g/mol. The van der Waals surface area contributed by atoms with Crippen molar-refractivity contribution in [3.8, 4) is 5.75 Å². The van der Waals surface area contributed by atoms with Gasteiger partial charge in [-0.1, -0.05) is 45.4 Å². The molecule has 2 atom stereocenters. The lowest BCUT2D eigenvalue weighted by atomic mass is 9.86. The lowest BCUT2D eigenvalue weighted by Crippen LogP contribution is -2.29. The Morgan fingerprint density at radius 2 is 1.95 bits per heavy atom. The van der Waals surface area contributed by atoms with Gasteiger partial charge in [0.15, 0.2) is 0 Å². The van der Waals surface area contributed by atoms with Crippen LogP contribution < -0.4 is 10.1 Å². The number of ether oxygens (including phenoxy) is 1. The Morgan fingerprint density at radius 3 is 2.65 bits per heavy atom. The van der Waals surface area contributed by atoms with E-state index in [1.54, 1.807) is 0 Å². The smallest absolute Gasteiger partial charge is 0.123 e. The Hall–Kier alpha value is -1.02. The third-order valence-corrected chi connectivity index (χ3v) is 4.47. The van der Waals surface area contributed by atoms with Crippen LogP contribution in [-0.2, 0) is 5.41 Å². The summed E-state index contributed by atoms with van der Waals surface area (Å²) in [7, 11) is 2.08. The maximum absolute atomic E-state index is 6.09. The molecule has 2 rings (SSSR count). The monoisotopic (exact) mass is 275 g/mol. The van der Waals surface area contributed by atoms with E-state index >= 15 is 0 Å². The highest BCUT2D eigenvalue weighted by Gasteiger charge is 2.25. The number of benzene rings is 1. The fourth-order valence-corrected chi connectivity index (χ4v) is 3.29. The van der Waals surface area contributed by atoms with Gasteiger partial charge >= 0.3 is 0 Å². The maximum Gasteiger partial charge on any atom is 0.123 e. The molecule has 2 unspecified atom stereocenters. The first-order valence-electron chi connectivity index (χ1n) is 7.92. The van der Waals surface area contributed by atoms with Gasteiger partial charge in [0.05, 0.1) is 6.61 Å². The zero-order valence-electron chi connectivity index (χ0n) is 13.4. The molecule has 0 heterocycles. The van der Waals surface area contributed by atoms with Gasteiger partial charge in [-0.15, -0.1) is 0 Å². The van der Waals surface area contributed by atoms with Gasteiger partial charge in [0.2, 0.25) is 0 Å². The molecule has 20 heavy (non-hydrogen) atoms. The van der Waals surface area contributed by atoms with Crippen LogP contribution in [0.2, 0.25) is 0 Å². The van der Waals surface area contributed by atoms with Crippen molar-refractivity contribution in [2.75, 3.05) is 13.7 Å². The molecule has 1 aliphatic rings. The molecule has 1 saturated carbocycles. The van der Waals surface area contributed by atoms with E-state index < -0.39 is 0 Å². The van der Waals surface area contributed by atoms with Gasteiger partial charge in [0, 0.05) is 6.04 Å². The van der Waals surface area contributed by atoms with Gasteiger partial charge in [0.25, 0.3) is 0 Å². The van der Waals surface area contributed by atoms with Crippen LogP contribution in [0.4, 0.5) is 0 Å². The van der Waals surface area contributed by atoms with Gasteiger partial charge in [-0.2, -0.15) is 0 Å². The van der Waals surface area contributed by atoms with Gasteiger partial charge < -0.3 is 10.1 Å². The second kappa shape index (κ2) is 6.62. The molecule has 112 valence electrons. The van der Waals surface area contributed by atoms with Crippen molar-refractivity contribution in [2.24, 2.45) is 5.92 Å². The highest BCUT2D eigenvalue weighted by molar-refractivity contribution is 5.38. The Balaban J connectivity index is 1.91. The summed E-state index contributed by atoms with van der Waals surface area (Å²) in [5, 5.41) is 3.44. The van der Waals surface area contributed by atoms with Crippen molar-refractivity contribution in [3.63, 3.8) is 0 Å². The summed E-state index contributed by atoms with van der Waals surface area (Å²) in [5.41, 5.74) is 1.44. The molecule has 2 nitrogen and oxygen atoms in total. The summed E-state index contributed by atoms with van der Waals surface area (Å²) in [6, 6.07) is 9.14. The molecule has 0 saturated heterocycles. The van der Waals surface area contributed by atoms with Gasteiger partial charge in [-0.25, -0.2) is 0 Å². The molecule has 0 amide bonds.